The van der Waals surface area contributed by atoms with Crippen LogP contribution in [0.2, 0.25) is 0 Å². The van der Waals surface area contributed by atoms with Crippen LogP contribution in [-0.4, -0.2) is 32.3 Å². The lowest BCUT2D eigenvalue weighted by Gasteiger charge is -2.18. The number of nitrogens with one attached hydrogen (secondary N) is 1. The van der Waals surface area contributed by atoms with E-state index in [1.807, 2.05) is 19.1 Å². The van der Waals surface area contributed by atoms with Gasteiger partial charge in [-0.1, -0.05) is 0 Å². The van der Waals surface area contributed by atoms with E-state index in [4.69, 9.17) is 13.9 Å². The highest BCUT2D eigenvalue weighted by Gasteiger charge is 2.27. The second-order valence-electron chi connectivity index (χ2n) is 4.47. The van der Waals surface area contributed by atoms with Crippen molar-refractivity contribution in [3.63, 3.8) is 0 Å². The first-order chi connectivity index (χ1) is 8.70. The minimum atomic E-state index is -0.333. The highest BCUT2D eigenvalue weighted by Crippen LogP contribution is 2.18. The molecule has 0 aliphatic carbocycles. The van der Waals surface area contributed by atoms with Crippen molar-refractivity contribution < 1.29 is 18.7 Å². The Morgan fingerprint density at radius 3 is 3.00 bits per heavy atom. The summed E-state index contributed by atoms with van der Waals surface area (Å²) >= 11 is 0. The van der Waals surface area contributed by atoms with Gasteiger partial charge in [-0.2, -0.15) is 0 Å². The number of amides is 1. The molecular formula is C13H19NO4. The largest absolute Gasteiger partial charge is 0.464 e. The Morgan fingerprint density at radius 1 is 1.61 bits per heavy atom. The first-order valence-electron chi connectivity index (χ1n) is 6.18. The minimum Gasteiger partial charge on any atom is -0.464 e. The fraction of sp³-hybridized carbons (Fsp3) is 0.615. The number of furan rings is 1. The van der Waals surface area contributed by atoms with Crippen molar-refractivity contribution in [1.82, 2.24) is 5.32 Å². The van der Waals surface area contributed by atoms with Crippen LogP contribution < -0.4 is 5.32 Å². The van der Waals surface area contributed by atoms with E-state index in [1.54, 1.807) is 7.11 Å². The molecule has 1 N–H and O–H groups in total. The van der Waals surface area contributed by atoms with Crippen LogP contribution in [0.1, 0.15) is 30.4 Å². The number of aryl methyl sites for hydroxylation is 1. The van der Waals surface area contributed by atoms with E-state index in [1.165, 1.54) is 0 Å². The second kappa shape index (κ2) is 6.02. The summed E-state index contributed by atoms with van der Waals surface area (Å²) in [6, 6.07) is 3.46. The van der Waals surface area contributed by atoms with Crippen LogP contribution in [0.15, 0.2) is 16.5 Å². The van der Waals surface area contributed by atoms with Crippen LogP contribution in [0.5, 0.6) is 0 Å². The van der Waals surface area contributed by atoms with Gasteiger partial charge in [0.2, 0.25) is 5.91 Å². The first-order valence-corrected chi connectivity index (χ1v) is 6.18. The van der Waals surface area contributed by atoms with Gasteiger partial charge in [0.1, 0.15) is 23.7 Å². The van der Waals surface area contributed by atoms with E-state index < -0.39 is 0 Å². The number of hydrogen-bond donors (Lipinski definition) is 1. The van der Waals surface area contributed by atoms with Crippen LogP contribution in [0.3, 0.4) is 0 Å². The maximum Gasteiger partial charge on any atom is 0.249 e. The molecule has 1 aromatic heterocycles. The smallest absolute Gasteiger partial charge is 0.249 e. The van der Waals surface area contributed by atoms with E-state index in [2.05, 4.69) is 5.32 Å². The number of carbonyl (C=O) groups excluding carboxylic acids is 1. The molecule has 2 rings (SSSR count). The van der Waals surface area contributed by atoms with Gasteiger partial charge in [0.25, 0.3) is 0 Å². The standard InChI is InChI=1S/C13H19NO4/c1-9-5-6-11(18-9)10(8-16-2)14-13(15)12-4-3-7-17-12/h5-6,10,12H,3-4,7-8H2,1-2H3,(H,14,15)/t10-,12-/m1/s1. The van der Waals surface area contributed by atoms with Gasteiger partial charge >= 0.3 is 0 Å². The first kappa shape index (κ1) is 13.1. The van der Waals surface area contributed by atoms with E-state index >= 15 is 0 Å². The van der Waals surface area contributed by atoms with Crippen molar-refractivity contribution in [3.05, 3.63) is 23.7 Å². The highest BCUT2D eigenvalue weighted by molar-refractivity contribution is 5.81. The Balaban J connectivity index is 1.99. The molecule has 1 saturated heterocycles. The molecule has 0 spiro atoms. The average Bonchev–Trinajstić information content (AvgIpc) is 2.98. The quantitative estimate of drug-likeness (QED) is 0.865. The van der Waals surface area contributed by atoms with Gasteiger partial charge in [0.05, 0.1) is 6.61 Å². The fourth-order valence-electron chi connectivity index (χ4n) is 2.05. The molecule has 5 heteroatoms. The molecule has 1 aliphatic heterocycles. The molecule has 0 saturated carbocycles. The van der Waals surface area contributed by atoms with Crippen LogP contribution in [-0.2, 0) is 14.3 Å². The van der Waals surface area contributed by atoms with E-state index in [-0.39, 0.29) is 18.1 Å². The van der Waals surface area contributed by atoms with Crippen LogP contribution in [0.4, 0.5) is 0 Å². The predicted molar refractivity (Wildman–Crippen MR) is 65.2 cm³/mol. The Bertz CT molecular complexity index is 395. The molecule has 100 valence electrons. The lowest BCUT2D eigenvalue weighted by molar-refractivity contribution is -0.131. The Morgan fingerprint density at radius 2 is 2.44 bits per heavy atom. The Labute approximate surface area is 106 Å². The van der Waals surface area contributed by atoms with E-state index in [0.29, 0.717) is 19.0 Å². The SMILES string of the molecule is COC[C@@H](NC(=O)[C@H]1CCCO1)c1ccc(C)o1. The molecule has 0 bridgehead atoms. The van der Waals surface area contributed by atoms with Gasteiger partial charge in [0.15, 0.2) is 0 Å². The maximum atomic E-state index is 12.0. The van der Waals surface area contributed by atoms with Gasteiger partial charge in [-0.25, -0.2) is 0 Å². The summed E-state index contributed by atoms with van der Waals surface area (Å²) in [4.78, 5) is 12.0. The molecule has 0 unspecified atom stereocenters. The molecule has 18 heavy (non-hydrogen) atoms. The molecule has 0 radical (unpaired) electrons. The molecule has 2 atom stereocenters. The topological polar surface area (TPSA) is 60.7 Å². The van der Waals surface area contributed by atoms with Crippen molar-refractivity contribution >= 4 is 5.91 Å². The lowest BCUT2D eigenvalue weighted by atomic mass is 10.2. The molecule has 1 amide bonds. The van der Waals surface area contributed by atoms with Crippen molar-refractivity contribution in [3.8, 4) is 0 Å². The molecule has 5 nitrogen and oxygen atoms in total. The van der Waals surface area contributed by atoms with Crippen LogP contribution in [0, 0.1) is 6.92 Å². The maximum absolute atomic E-state index is 12.0. The molecule has 1 aliphatic rings. The van der Waals surface area contributed by atoms with E-state index in [9.17, 15) is 4.79 Å². The summed E-state index contributed by atoms with van der Waals surface area (Å²) in [5.41, 5.74) is 0. The number of methoxy groups -OCH3 is 1. The van der Waals surface area contributed by atoms with Gasteiger partial charge in [0, 0.05) is 13.7 Å². The van der Waals surface area contributed by atoms with Crippen LogP contribution in [0.25, 0.3) is 0 Å². The third-order valence-corrected chi connectivity index (χ3v) is 2.98. The predicted octanol–water partition coefficient (Wildman–Crippen LogP) is 1.57. The summed E-state index contributed by atoms with van der Waals surface area (Å²) in [5.74, 6) is 1.43. The number of carbonyl (C=O) groups is 1. The van der Waals surface area contributed by atoms with Gasteiger partial charge in [-0.15, -0.1) is 0 Å². The molecule has 0 aromatic carbocycles. The molecule has 1 fully saturated rings. The summed E-state index contributed by atoms with van der Waals surface area (Å²) in [6.45, 7) is 2.91. The zero-order valence-corrected chi connectivity index (χ0v) is 10.8. The van der Waals surface area contributed by atoms with Crippen molar-refractivity contribution in [1.29, 1.82) is 0 Å². The molecule has 1 aromatic rings. The molecule has 2 heterocycles. The number of ether oxygens (including phenoxy) is 2. The van der Waals surface area contributed by atoms with Gasteiger partial charge in [-0.05, 0) is 31.9 Å². The summed E-state index contributed by atoms with van der Waals surface area (Å²) in [6.07, 6.45) is 1.38. The summed E-state index contributed by atoms with van der Waals surface area (Å²) in [7, 11) is 1.60. The van der Waals surface area contributed by atoms with Crippen molar-refractivity contribution in [2.75, 3.05) is 20.3 Å². The summed E-state index contributed by atoms with van der Waals surface area (Å²) in [5, 5.41) is 2.91. The highest BCUT2D eigenvalue weighted by atomic mass is 16.5. The average molecular weight is 253 g/mol. The van der Waals surface area contributed by atoms with Crippen LogP contribution >= 0.6 is 0 Å². The number of rotatable bonds is 5. The van der Waals surface area contributed by atoms with Crippen molar-refractivity contribution in [2.45, 2.75) is 31.9 Å². The Kier molecular flexibility index (Phi) is 4.38. The third kappa shape index (κ3) is 3.11. The molecular weight excluding hydrogens is 234 g/mol. The Hall–Kier alpha value is -1.33. The zero-order valence-electron chi connectivity index (χ0n) is 10.8. The normalized spacial score (nSPS) is 20.9. The monoisotopic (exact) mass is 253 g/mol. The number of hydrogen-bond acceptors (Lipinski definition) is 4. The van der Waals surface area contributed by atoms with E-state index in [0.717, 1.165) is 18.6 Å². The zero-order chi connectivity index (χ0) is 13.0. The third-order valence-electron chi connectivity index (χ3n) is 2.98. The summed E-state index contributed by atoms with van der Waals surface area (Å²) < 4.78 is 16.0. The van der Waals surface area contributed by atoms with Gasteiger partial charge in [-0.3, -0.25) is 4.79 Å². The lowest BCUT2D eigenvalue weighted by Crippen LogP contribution is -2.38. The minimum absolute atomic E-state index is 0.0939. The second-order valence-corrected chi connectivity index (χ2v) is 4.47. The fourth-order valence-corrected chi connectivity index (χ4v) is 2.05. The van der Waals surface area contributed by atoms with Crippen molar-refractivity contribution in [2.24, 2.45) is 0 Å². The van der Waals surface area contributed by atoms with Gasteiger partial charge < -0.3 is 19.2 Å².